The first-order valence-electron chi connectivity index (χ1n) is 6.54. The van der Waals surface area contributed by atoms with E-state index in [0.29, 0.717) is 5.56 Å². The highest BCUT2D eigenvalue weighted by atomic mass is 19.1. The molecule has 2 heterocycles. The summed E-state index contributed by atoms with van der Waals surface area (Å²) < 4.78 is 19.0. The van der Waals surface area contributed by atoms with E-state index >= 15 is 0 Å². The van der Waals surface area contributed by atoms with Crippen LogP contribution >= 0.6 is 0 Å². The van der Waals surface area contributed by atoms with Crippen molar-refractivity contribution in [1.29, 1.82) is 0 Å². The van der Waals surface area contributed by atoms with E-state index in [0.717, 1.165) is 50.5 Å². The van der Waals surface area contributed by atoms with Crippen LogP contribution in [0.5, 0.6) is 0 Å². The van der Waals surface area contributed by atoms with Crippen LogP contribution in [-0.4, -0.2) is 26.3 Å². The van der Waals surface area contributed by atoms with E-state index in [1.54, 1.807) is 13.0 Å². The Balaban J connectivity index is 1.85. The van der Waals surface area contributed by atoms with Gasteiger partial charge in [0.05, 0.1) is 11.4 Å². The first kappa shape index (κ1) is 11.8. The predicted octanol–water partition coefficient (Wildman–Crippen LogP) is 2.77. The van der Waals surface area contributed by atoms with E-state index in [9.17, 15) is 4.39 Å². The van der Waals surface area contributed by atoms with Gasteiger partial charge in [0.25, 0.3) is 0 Å². The smallest absolute Gasteiger partial charge is 0.128 e. The van der Waals surface area contributed by atoms with E-state index in [-0.39, 0.29) is 11.2 Å². The zero-order valence-electron chi connectivity index (χ0n) is 10.7. The fourth-order valence-electron chi connectivity index (χ4n) is 2.76. The maximum absolute atomic E-state index is 13.6. The Morgan fingerprint density at radius 3 is 2.39 bits per heavy atom. The third kappa shape index (κ3) is 2.05. The molecule has 0 atom stereocenters. The molecule has 0 saturated carbocycles. The Bertz CT molecular complexity index is 420. The van der Waals surface area contributed by atoms with E-state index < -0.39 is 0 Å². The normalized spacial score (nSPS) is 21.7. The van der Waals surface area contributed by atoms with Gasteiger partial charge >= 0.3 is 0 Å². The molecule has 1 aromatic carbocycles. The fourth-order valence-corrected chi connectivity index (χ4v) is 2.76. The van der Waals surface area contributed by atoms with Gasteiger partial charge in [0.2, 0.25) is 0 Å². The van der Waals surface area contributed by atoms with Crippen molar-refractivity contribution in [2.75, 3.05) is 36.9 Å². The molecule has 2 aliphatic rings. The van der Waals surface area contributed by atoms with Gasteiger partial charge in [0, 0.05) is 31.7 Å². The molecule has 2 N–H and O–H groups in total. The van der Waals surface area contributed by atoms with Crippen LogP contribution in [0.25, 0.3) is 0 Å². The molecule has 3 rings (SSSR count). The molecule has 0 amide bonds. The summed E-state index contributed by atoms with van der Waals surface area (Å²) in [4.78, 5) is 0. The molecule has 18 heavy (non-hydrogen) atoms. The molecule has 0 bridgehead atoms. The third-order valence-corrected chi connectivity index (χ3v) is 4.16. The summed E-state index contributed by atoms with van der Waals surface area (Å²) in [5.41, 5.74) is 2.81. The lowest BCUT2D eigenvalue weighted by Gasteiger charge is -2.36. The Kier molecular flexibility index (Phi) is 2.90. The predicted molar refractivity (Wildman–Crippen MR) is 70.6 cm³/mol. The topological polar surface area (TPSA) is 33.3 Å². The van der Waals surface area contributed by atoms with Crippen molar-refractivity contribution in [3.8, 4) is 0 Å². The second-order valence-electron chi connectivity index (χ2n) is 5.47. The van der Waals surface area contributed by atoms with Crippen molar-refractivity contribution in [1.82, 2.24) is 0 Å². The van der Waals surface area contributed by atoms with E-state index in [1.165, 1.54) is 0 Å². The molecule has 98 valence electrons. The SMILES string of the molecule is Cc1cc2c(cc1F)NCC1(CCOCC1)CN2. The zero-order valence-corrected chi connectivity index (χ0v) is 10.7. The molecule has 0 radical (unpaired) electrons. The lowest BCUT2D eigenvalue weighted by molar-refractivity contribution is 0.0276. The summed E-state index contributed by atoms with van der Waals surface area (Å²) in [6.07, 6.45) is 2.12. The maximum Gasteiger partial charge on any atom is 0.128 e. The van der Waals surface area contributed by atoms with Crippen LogP contribution < -0.4 is 10.6 Å². The minimum Gasteiger partial charge on any atom is -0.383 e. The van der Waals surface area contributed by atoms with Crippen LogP contribution in [0.4, 0.5) is 15.8 Å². The van der Waals surface area contributed by atoms with Gasteiger partial charge < -0.3 is 15.4 Å². The average molecular weight is 250 g/mol. The Morgan fingerprint density at radius 2 is 1.72 bits per heavy atom. The number of ether oxygens (including phenoxy) is 1. The number of rotatable bonds is 0. The van der Waals surface area contributed by atoms with Crippen molar-refractivity contribution in [3.05, 3.63) is 23.5 Å². The third-order valence-electron chi connectivity index (χ3n) is 4.16. The molecule has 1 fully saturated rings. The molecular weight excluding hydrogens is 231 g/mol. The second-order valence-corrected chi connectivity index (χ2v) is 5.47. The minimum atomic E-state index is -0.147. The fraction of sp³-hybridized carbons (Fsp3) is 0.571. The standard InChI is InChI=1S/C14H19FN2O/c1-10-6-12-13(7-11(10)15)17-9-14(8-16-12)2-4-18-5-3-14/h6-7,16-17H,2-5,8-9H2,1H3. The van der Waals surface area contributed by atoms with E-state index in [2.05, 4.69) is 10.6 Å². The van der Waals surface area contributed by atoms with E-state index in [1.807, 2.05) is 6.07 Å². The number of hydrogen-bond donors (Lipinski definition) is 2. The van der Waals surface area contributed by atoms with Gasteiger partial charge in [-0.15, -0.1) is 0 Å². The molecule has 1 spiro atoms. The van der Waals surface area contributed by atoms with Gasteiger partial charge in [-0.2, -0.15) is 0 Å². The van der Waals surface area contributed by atoms with Crippen molar-refractivity contribution >= 4 is 11.4 Å². The molecule has 0 unspecified atom stereocenters. The zero-order chi connectivity index (χ0) is 12.6. The average Bonchev–Trinajstić information content (AvgIpc) is 2.54. The summed E-state index contributed by atoms with van der Waals surface area (Å²) in [5.74, 6) is -0.147. The summed E-state index contributed by atoms with van der Waals surface area (Å²) in [6.45, 7) is 5.27. The van der Waals surface area contributed by atoms with Crippen LogP contribution in [-0.2, 0) is 4.74 Å². The van der Waals surface area contributed by atoms with Crippen LogP contribution in [0.15, 0.2) is 12.1 Å². The Hall–Kier alpha value is -1.29. The number of aryl methyl sites for hydroxylation is 1. The largest absolute Gasteiger partial charge is 0.383 e. The number of anilines is 2. The maximum atomic E-state index is 13.6. The van der Waals surface area contributed by atoms with Gasteiger partial charge in [-0.05, 0) is 37.5 Å². The molecule has 1 saturated heterocycles. The Morgan fingerprint density at radius 1 is 1.11 bits per heavy atom. The summed E-state index contributed by atoms with van der Waals surface area (Å²) in [6, 6.07) is 3.48. The number of hydrogen-bond acceptors (Lipinski definition) is 3. The molecular formula is C14H19FN2O. The van der Waals surface area contributed by atoms with Gasteiger partial charge in [0.1, 0.15) is 5.82 Å². The van der Waals surface area contributed by atoms with Crippen molar-refractivity contribution in [2.45, 2.75) is 19.8 Å². The molecule has 0 aromatic heterocycles. The number of fused-ring (bicyclic) bond motifs is 1. The first-order valence-corrected chi connectivity index (χ1v) is 6.54. The summed E-state index contributed by atoms with van der Waals surface area (Å²) >= 11 is 0. The monoisotopic (exact) mass is 250 g/mol. The minimum absolute atomic E-state index is 0.147. The molecule has 3 nitrogen and oxygen atoms in total. The summed E-state index contributed by atoms with van der Waals surface area (Å²) in [7, 11) is 0. The highest BCUT2D eigenvalue weighted by Crippen LogP contribution is 2.36. The van der Waals surface area contributed by atoms with Crippen molar-refractivity contribution in [3.63, 3.8) is 0 Å². The van der Waals surface area contributed by atoms with Crippen molar-refractivity contribution in [2.24, 2.45) is 5.41 Å². The first-order chi connectivity index (χ1) is 8.69. The van der Waals surface area contributed by atoms with E-state index in [4.69, 9.17) is 4.74 Å². The lowest BCUT2D eigenvalue weighted by Crippen LogP contribution is -2.40. The number of nitrogens with one attached hydrogen (secondary N) is 2. The van der Waals surface area contributed by atoms with Crippen molar-refractivity contribution < 1.29 is 9.13 Å². The van der Waals surface area contributed by atoms with Crippen LogP contribution in [0.1, 0.15) is 18.4 Å². The highest BCUT2D eigenvalue weighted by Gasteiger charge is 2.34. The molecule has 4 heteroatoms. The quantitative estimate of drug-likeness (QED) is 0.743. The van der Waals surface area contributed by atoms with Crippen LogP contribution in [0.3, 0.4) is 0 Å². The number of benzene rings is 1. The van der Waals surface area contributed by atoms with Gasteiger partial charge in [-0.25, -0.2) is 4.39 Å². The van der Waals surface area contributed by atoms with Gasteiger partial charge in [0.15, 0.2) is 0 Å². The highest BCUT2D eigenvalue weighted by molar-refractivity contribution is 5.71. The van der Waals surface area contributed by atoms with Gasteiger partial charge in [-0.3, -0.25) is 0 Å². The second kappa shape index (κ2) is 4.43. The van der Waals surface area contributed by atoms with Gasteiger partial charge in [-0.1, -0.05) is 0 Å². The van der Waals surface area contributed by atoms with Crippen LogP contribution in [0, 0.1) is 18.2 Å². The lowest BCUT2D eigenvalue weighted by atomic mass is 9.80. The molecule has 1 aromatic rings. The number of halogens is 1. The summed E-state index contributed by atoms with van der Waals surface area (Å²) in [5, 5.41) is 6.86. The Labute approximate surface area is 107 Å². The molecule has 2 aliphatic heterocycles. The van der Waals surface area contributed by atoms with Crippen LogP contribution in [0.2, 0.25) is 0 Å². The molecule has 0 aliphatic carbocycles.